The van der Waals surface area contributed by atoms with Crippen molar-refractivity contribution in [2.75, 3.05) is 36.4 Å². The average molecular weight is 318 g/mol. The number of nitrogens with one attached hydrogen (secondary N) is 2. The van der Waals surface area contributed by atoms with Crippen molar-refractivity contribution in [2.45, 2.75) is 0 Å². The fraction of sp³-hybridized carbons (Fsp3) is 0.250. The first-order valence-corrected chi connectivity index (χ1v) is 7.31. The topological polar surface area (TPSA) is 57.3 Å². The van der Waals surface area contributed by atoms with E-state index in [1.807, 2.05) is 6.07 Å². The second-order valence-corrected chi connectivity index (χ2v) is 5.25. The number of nitrogens with zero attached hydrogens (tertiary/aromatic N) is 2. The van der Waals surface area contributed by atoms with Gasteiger partial charge in [0.1, 0.15) is 17.5 Å². The molecular weight excluding hydrogens is 302 g/mol. The third-order valence-electron chi connectivity index (χ3n) is 3.57. The van der Waals surface area contributed by atoms with Gasteiger partial charge in [0, 0.05) is 37.8 Å². The predicted octanol–water partition coefficient (Wildman–Crippen LogP) is 2.02. The zero-order valence-electron chi connectivity index (χ0n) is 12.4. The van der Waals surface area contributed by atoms with Gasteiger partial charge in [-0.3, -0.25) is 4.79 Å². The SMILES string of the molecule is O=C(Nc1ccc(N2CCNCC2)nc1)c1cc(F)cc(F)c1. The van der Waals surface area contributed by atoms with E-state index in [1.54, 1.807) is 6.07 Å². The molecule has 1 saturated heterocycles. The maximum absolute atomic E-state index is 13.1. The zero-order chi connectivity index (χ0) is 16.2. The number of aromatic nitrogens is 1. The molecule has 3 rings (SSSR count). The van der Waals surface area contributed by atoms with Gasteiger partial charge in [-0.2, -0.15) is 0 Å². The van der Waals surface area contributed by atoms with Gasteiger partial charge >= 0.3 is 0 Å². The van der Waals surface area contributed by atoms with Crippen molar-refractivity contribution in [3.63, 3.8) is 0 Å². The Balaban J connectivity index is 1.68. The van der Waals surface area contributed by atoms with Crippen LogP contribution in [0.15, 0.2) is 36.5 Å². The second kappa shape index (κ2) is 6.70. The molecule has 1 aromatic carbocycles. The van der Waals surface area contributed by atoms with Crippen LogP contribution >= 0.6 is 0 Å². The quantitative estimate of drug-likeness (QED) is 0.909. The summed E-state index contributed by atoms with van der Waals surface area (Å²) in [4.78, 5) is 18.5. The van der Waals surface area contributed by atoms with Crippen LogP contribution < -0.4 is 15.5 Å². The molecule has 0 atom stereocenters. The van der Waals surface area contributed by atoms with E-state index in [2.05, 4.69) is 20.5 Å². The maximum Gasteiger partial charge on any atom is 0.255 e. The number of hydrogen-bond acceptors (Lipinski definition) is 4. The molecule has 0 bridgehead atoms. The lowest BCUT2D eigenvalue weighted by Crippen LogP contribution is -2.43. The number of amides is 1. The molecule has 0 radical (unpaired) electrons. The normalized spacial score (nSPS) is 14.6. The highest BCUT2D eigenvalue weighted by atomic mass is 19.1. The molecule has 0 aliphatic carbocycles. The first kappa shape index (κ1) is 15.4. The molecule has 1 aromatic heterocycles. The number of anilines is 2. The van der Waals surface area contributed by atoms with Crippen LogP contribution in [0.5, 0.6) is 0 Å². The lowest BCUT2D eigenvalue weighted by atomic mass is 10.2. The number of carbonyl (C=O) groups is 1. The molecule has 0 saturated carbocycles. The molecule has 120 valence electrons. The van der Waals surface area contributed by atoms with E-state index in [0.717, 1.165) is 50.2 Å². The van der Waals surface area contributed by atoms with Crippen LogP contribution in [0.1, 0.15) is 10.4 Å². The minimum absolute atomic E-state index is 0.0753. The van der Waals surface area contributed by atoms with Gasteiger partial charge in [0.25, 0.3) is 5.91 Å². The smallest absolute Gasteiger partial charge is 0.255 e. The highest BCUT2D eigenvalue weighted by Crippen LogP contribution is 2.16. The van der Waals surface area contributed by atoms with Gasteiger partial charge in [0.05, 0.1) is 11.9 Å². The third-order valence-corrected chi connectivity index (χ3v) is 3.57. The molecular formula is C16H16F2N4O. The summed E-state index contributed by atoms with van der Waals surface area (Å²) in [6.07, 6.45) is 1.53. The van der Waals surface area contributed by atoms with Crippen molar-refractivity contribution < 1.29 is 13.6 Å². The monoisotopic (exact) mass is 318 g/mol. The summed E-state index contributed by atoms with van der Waals surface area (Å²) in [7, 11) is 0. The van der Waals surface area contributed by atoms with Crippen LogP contribution in [0.2, 0.25) is 0 Å². The van der Waals surface area contributed by atoms with E-state index in [9.17, 15) is 13.6 Å². The Labute approximate surface area is 132 Å². The molecule has 0 unspecified atom stereocenters. The van der Waals surface area contributed by atoms with Crippen LogP contribution in [-0.4, -0.2) is 37.1 Å². The molecule has 2 aromatic rings. The number of carbonyl (C=O) groups excluding carboxylic acids is 1. The second-order valence-electron chi connectivity index (χ2n) is 5.25. The lowest BCUT2D eigenvalue weighted by molar-refractivity contribution is 0.102. The van der Waals surface area contributed by atoms with Crippen LogP contribution in [0.4, 0.5) is 20.3 Å². The van der Waals surface area contributed by atoms with E-state index >= 15 is 0 Å². The lowest BCUT2D eigenvalue weighted by Gasteiger charge is -2.28. The number of halogens is 2. The van der Waals surface area contributed by atoms with E-state index in [1.165, 1.54) is 6.20 Å². The molecule has 2 N–H and O–H groups in total. The number of rotatable bonds is 3. The average Bonchev–Trinajstić information content (AvgIpc) is 2.55. The van der Waals surface area contributed by atoms with Gasteiger partial charge in [-0.15, -0.1) is 0 Å². The molecule has 23 heavy (non-hydrogen) atoms. The Morgan fingerprint density at radius 3 is 2.43 bits per heavy atom. The van der Waals surface area contributed by atoms with Crippen LogP contribution in [-0.2, 0) is 0 Å². The first-order chi connectivity index (χ1) is 11.1. The number of piperazine rings is 1. The standard InChI is InChI=1S/C16H16F2N4O/c17-12-7-11(8-13(18)9-12)16(23)21-14-1-2-15(20-10-14)22-5-3-19-4-6-22/h1-2,7-10,19H,3-6H2,(H,21,23). The predicted molar refractivity (Wildman–Crippen MR) is 83.6 cm³/mol. The summed E-state index contributed by atoms with van der Waals surface area (Å²) < 4.78 is 26.3. The van der Waals surface area contributed by atoms with Crippen LogP contribution in [0.3, 0.4) is 0 Å². The number of benzene rings is 1. The van der Waals surface area contributed by atoms with Gasteiger partial charge in [-0.25, -0.2) is 13.8 Å². The molecule has 2 heterocycles. The Morgan fingerprint density at radius 1 is 1.13 bits per heavy atom. The molecule has 7 heteroatoms. The molecule has 1 aliphatic heterocycles. The Kier molecular flexibility index (Phi) is 4.47. The summed E-state index contributed by atoms with van der Waals surface area (Å²) in [6, 6.07) is 6.23. The van der Waals surface area contributed by atoms with Gasteiger partial charge in [0.2, 0.25) is 0 Å². The van der Waals surface area contributed by atoms with Crippen molar-refractivity contribution in [3.8, 4) is 0 Å². The van der Waals surface area contributed by atoms with Crippen molar-refractivity contribution in [1.82, 2.24) is 10.3 Å². The van der Waals surface area contributed by atoms with Crippen LogP contribution in [0, 0.1) is 11.6 Å². The summed E-state index contributed by atoms with van der Waals surface area (Å²) in [5, 5.41) is 5.84. The highest BCUT2D eigenvalue weighted by molar-refractivity contribution is 6.04. The van der Waals surface area contributed by atoms with Crippen molar-refractivity contribution in [1.29, 1.82) is 0 Å². The van der Waals surface area contributed by atoms with E-state index < -0.39 is 17.5 Å². The summed E-state index contributed by atoms with van der Waals surface area (Å²) in [6.45, 7) is 3.57. The molecule has 0 spiro atoms. The minimum Gasteiger partial charge on any atom is -0.354 e. The Hall–Kier alpha value is -2.54. The van der Waals surface area contributed by atoms with Crippen molar-refractivity contribution in [2.24, 2.45) is 0 Å². The van der Waals surface area contributed by atoms with E-state index in [-0.39, 0.29) is 5.56 Å². The highest BCUT2D eigenvalue weighted by Gasteiger charge is 2.13. The fourth-order valence-corrected chi connectivity index (χ4v) is 2.43. The third kappa shape index (κ3) is 3.81. The first-order valence-electron chi connectivity index (χ1n) is 7.31. The number of pyridine rings is 1. The van der Waals surface area contributed by atoms with Gasteiger partial charge in [0.15, 0.2) is 0 Å². The Morgan fingerprint density at radius 2 is 1.83 bits per heavy atom. The van der Waals surface area contributed by atoms with Gasteiger partial charge in [-0.05, 0) is 24.3 Å². The Bertz CT molecular complexity index is 679. The van der Waals surface area contributed by atoms with E-state index in [4.69, 9.17) is 0 Å². The minimum atomic E-state index is -0.790. The van der Waals surface area contributed by atoms with Crippen molar-refractivity contribution >= 4 is 17.4 Å². The van der Waals surface area contributed by atoms with Gasteiger partial charge in [-0.1, -0.05) is 0 Å². The molecule has 5 nitrogen and oxygen atoms in total. The fourth-order valence-electron chi connectivity index (χ4n) is 2.43. The summed E-state index contributed by atoms with van der Waals surface area (Å²) in [5.41, 5.74) is 0.396. The molecule has 1 aliphatic rings. The largest absolute Gasteiger partial charge is 0.354 e. The summed E-state index contributed by atoms with van der Waals surface area (Å²) >= 11 is 0. The van der Waals surface area contributed by atoms with E-state index in [0.29, 0.717) is 5.69 Å². The molecule has 1 fully saturated rings. The van der Waals surface area contributed by atoms with Crippen LogP contribution in [0.25, 0.3) is 0 Å². The van der Waals surface area contributed by atoms with Gasteiger partial charge < -0.3 is 15.5 Å². The summed E-state index contributed by atoms with van der Waals surface area (Å²) in [5.74, 6) is -1.33. The van der Waals surface area contributed by atoms with Crippen molar-refractivity contribution in [3.05, 3.63) is 53.7 Å². The molecule has 1 amide bonds. The zero-order valence-corrected chi connectivity index (χ0v) is 12.4. The maximum atomic E-state index is 13.1. The number of hydrogen-bond donors (Lipinski definition) is 2.